The Balaban J connectivity index is 1.94. The van der Waals surface area contributed by atoms with Gasteiger partial charge in [0.25, 0.3) is 0 Å². The molecule has 78 valence electrons. The van der Waals surface area contributed by atoms with Gasteiger partial charge in [0.05, 0.1) is 6.20 Å². The van der Waals surface area contributed by atoms with Crippen LogP contribution in [0.3, 0.4) is 0 Å². The van der Waals surface area contributed by atoms with E-state index in [1.807, 2.05) is 6.20 Å². The second-order valence-corrected chi connectivity index (χ2v) is 4.31. The standard InChI is InChI=1S/C11H16ClNO/c12-7-3-6-11-13-8-10(14-11)9-4-1-2-5-9/h8-9H,1-7H2. The number of hydrogen-bond donors (Lipinski definition) is 0. The van der Waals surface area contributed by atoms with Crippen molar-refractivity contribution in [2.24, 2.45) is 0 Å². The molecule has 1 aromatic rings. The summed E-state index contributed by atoms with van der Waals surface area (Å²) >= 11 is 5.62. The maximum atomic E-state index is 5.70. The van der Waals surface area contributed by atoms with Crippen molar-refractivity contribution in [1.29, 1.82) is 0 Å². The molecule has 3 heteroatoms. The average molecular weight is 214 g/mol. The molecule has 1 heterocycles. The number of hydrogen-bond acceptors (Lipinski definition) is 2. The van der Waals surface area contributed by atoms with E-state index >= 15 is 0 Å². The molecule has 0 radical (unpaired) electrons. The third kappa shape index (κ3) is 2.30. The minimum Gasteiger partial charge on any atom is -0.445 e. The third-order valence-electron chi connectivity index (χ3n) is 2.85. The van der Waals surface area contributed by atoms with Crippen LogP contribution < -0.4 is 0 Å². The van der Waals surface area contributed by atoms with E-state index < -0.39 is 0 Å². The number of aryl methyl sites for hydroxylation is 1. The molecule has 0 aromatic carbocycles. The summed E-state index contributed by atoms with van der Waals surface area (Å²) in [4.78, 5) is 4.27. The van der Waals surface area contributed by atoms with E-state index in [4.69, 9.17) is 16.0 Å². The van der Waals surface area contributed by atoms with Gasteiger partial charge in [-0.2, -0.15) is 0 Å². The van der Waals surface area contributed by atoms with Crippen LogP contribution in [0, 0.1) is 0 Å². The fraction of sp³-hybridized carbons (Fsp3) is 0.727. The number of halogens is 1. The van der Waals surface area contributed by atoms with Gasteiger partial charge in [-0.15, -0.1) is 11.6 Å². The van der Waals surface area contributed by atoms with Gasteiger partial charge < -0.3 is 4.42 Å². The lowest BCUT2D eigenvalue weighted by atomic mass is 10.1. The van der Waals surface area contributed by atoms with Crippen LogP contribution in [-0.2, 0) is 6.42 Å². The maximum Gasteiger partial charge on any atom is 0.194 e. The van der Waals surface area contributed by atoms with Crippen molar-refractivity contribution in [3.63, 3.8) is 0 Å². The molecule has 1 aromatic heterocycles. The Kier molecular flexibility index (Phi) is 3.46. The first-order valence-electron chi connectivity index (χ1n) is 5.40. The summed E-state index contributed by atoms with van der Waals surface area (Å²) < 4.78 is 5.70. The summed E-state index contributed by atoms with van der Waals surface area (Å²) in [5, 5.41) is 0. The highest BCUT2D eigenvalue weighted by Gasteiger charge is 2.20. The first-order valence-corrected chi connectivity index (χ1v) is 5.94. The van der Waals surface area contributed by atoms with Crippen molar-refractivity contribution in [3.05, 3.63) is 17.8 Å². The van der Waals surface area contributed by atoms with Crippen LogP contribution in [-0.4, -0.2) is 10.9 Å². The highest BCUT2D eigenvalue weighted by atomic mass is 35.5. The largest absolute Gasteiger partial charge is 0.445 e. The molecule has 2 nitrogen and oxygen atoms in total. The van der Waals surface area contributed by atoms with E-state index in [1.165, 1.54) is 25.7 Å². The average Bonchev–Trinajstić information content (AvgIpc) is 2.85. The molecule has 1 aliphatic rings. The molecule has 14 heavy (non-hydrogen) atoms. The molecular formula is C11H16ClNO. The molecule has 1 aliphatic carbocycles. The number of nitrogens with zero attached hydrogens (tertiary/aromatic N) is 1. The van der Waals surface area contributed by atoms with Gasteiger partial charge in [0.2, 0.25) is 0 Å². The van der Waals surface area contributed by atoms with E-state index in [-0.39, 0.29) is 0 Å². The van der Waals surface area contributed by atoms with Crippen molar-refractivity contribution >= 4 is 11.6 Å². The summed E-state index contributed by atoms with van der Waals surface area (Å²) in [7, 11) is 0. The minimum absolute atomic E-state index is 0.632. The van der Waals surface area contributed by atoms with Crippen LogP contribution in [0.25, 0.3) is 0 Å². The van der Waals surface area contributed by atoms with Gasteiger partial charge >= 0.3 is 0 Å². The van der Waals surface area contributed by atoms with Crippen LogP contribution in [0.5, 0.6) is 0 Å². The van der Waals surface area contributed by atoms with Crippen molar-refractivity contribution in [2.75, 3.05) is 5.88 Å². The smallest absolute Gasteiger partial charge is 0.194 e. The fourth-order valence-electron chi connectivity index (χ4n) is 2.06. The zero-order chi connectivity index (χ0) is 9.80. The van der Waals surface area contributed by atoms with Gasteiger partial charge in [0, 0.05) is 18.2 Å². The summed E-state index contributed by atoms with van der Waals surface area (Å²) in [6.07, 6.45) is 8.93. The van der Waals surface area contributed by atoms with Crippen LogP contribution in [0.1, 0.15) is 49.7 Å². The lowest BCUT2D eigenvalue weighted by Gasteiger charge is -2.02. The topological polar surface area (TPSA) is 26.0 Å². The lowest BCUT2D eigenvalue weighted by Crippen LogP contribution is -1.88. The SMILES string of the molecule is ClCCCc1ncc(C2CCCC2)o1. The molecule has 0 aliphatic heterocycles. The van der Waals surface area contributed by atoms with Crippen molar-refractivity contribution in [1.82, 2.24) is 4.98 Å². The zero-order valence-electron chi connectivity index (χ0n) is 8.34. The van der Waals surface area contributed by atoms with E-state index in [9.17, 15) is 0 Å². The highest BCUT2D eigenvalue weighted by molar-refractivity contribution is 6.17. The number of aromatic nitrogens is 1. The second-order valence-electron chi connectivity index (χ2n) is 3.93. The van der Waals surface area contributed by atoms with Crippen molar-refractivity contribution in [2.45, 2.75) is 44.4 Å². The van der Waals surface area contributed by atoms with Crippen LogP contribution in [0.4, 0.5) is 0 Å². The van der Waals surface area contributed by atoms with Crippen molar-refractivity contribution < 1.29 is 4.42 Å². The maximum absolute atomic E-state index is 5.70. The van der Waals surface area contributed by atoms with Gasteiger partial charge in [-0.3, -0.25) is 0 Å². The van der Waals surface area contributed by atoms with Gasteiger partial charge in [0.1, 0.15) is 5.76 Å². The molecule has 1 saturated carbocycles. The Morgan fingerprint density at radius 2 is 2.21 bits per heavy atom. The molecule has 0 spiro atoms. The first kappa shape index (κ1) is 10.0. The van der Waals surface area contributed by atoms with Gasteiger partial charge in [-0.1, -0.05) is 12.8 Å². The molecule has 0 unspecified atom stereocenters. The quantitative estimate of drug-likeness (QED) is 0.716. The second kappa shape index (κ2) is 4.83. The Hall–Kier alpha value is -0.500. The van der Waals surface area contributed by atoms with Crippen molar-refractivity contribution in [3.8, 4) is 0 Å². The highest BCUT2D eigenvalue weighted by Crippen LogP contribution is 2.34. The number of rotatable bonds is 4. The molecule has 1 fully saturated rings. The zero-order valence-corrected chi connectivity index (χ0v) is 9.09. The molecule has 0 N–H and O–H groups in total. The third-order valence-corrected chi connectivity index (χ3v) is 3.12. The Labute approximate surface area is 89.7 Å². The summed E-state index contributed by atoms with van der Waals surface area (Å²) in [6.45, 7) is 0. The number of alkyl halides is 1. The molecular weight excluding hydrogens is 198 g/mol. The Bertz CT molecular complexity index is 279. The van der Waals surface area contributed by atoms with Crippen LogP contribution in [0.15, 0.2) is 10.6 Å². The molecule has 0 saturated heterocycles. The normalized spacial score (nSPS) is 17.8. The predicted octanol–water partition coefficient (Wildman–Crippen LogP) is 3.50. The Morgan fingerprint density at radius 3 is 2.93 bits per heavy atom. The summed E-state index contributed by atoms with van der Waals surface area (Å²) in [5.74, 6) is 3.26. The molecule has 0 amide bonds. The minimum atomic E-state index is 0.632. The molecule has 2 rings (SSSR count). The van der Waals surface area contributed by atoms with Gasteiger partial charge in [-0.05, 0) is 19.3 Å². The van der Waals surface area contributed by atoms with Gasteiger partial charge in [-0.25, -0.2) is 4.98 Å². The van der Waals surface area contributed by atoms with E-state index in [2.05, 4.69) is 4.98 Å². The predicted molar refractivity (Wildman–Crippen MR) is 56.8 cm³/mol. The van der Waals surface area contributed by atoms with E-state index in [0.717, 1.165) is 24.5 Å². The fourth-order valence-corrected chi connectivity index (χ4v) is 2.19. The van der Waals surface area contributed by atoms with Crippen LogP contribution in [0.2, 0.25) is 0 Å². The summed E-state index contributed by atoms with van der Waals surface area (Å²) in [6, 6.07) is 0. The summed E-state index contributed by atoms with van der Waals surface area (Å²) in [5.41, 5.74) is 0. The monoisotopic (exact) mass is 213 g/mol. The molecule has 0 bridgehead atoms. The van der Waals surface area contributed by atoms with Gasteiger partial charge in [0.15, 0.2) is 5.89 Å². The first-order chi connectivity index (χ1) is 6.90. The van der Waals surface area contributed by atoms with Crippen LogP contribution >= 0.6 is 11.6 Å². The van der Waals surface area contributed by atoms with E-state index in [1.54, 1.807) is 0 Å². The lowest BCUT2D eigenvalue weighted by molar-refractivity contribution is 0.423. The van der Waals surface area contributed by atoms with E-state index in [0.29, 0.717) is 11.8 Å². The number of oxazole rings is 1. The molecule has 0 atom stereocenters. The Morgan fingerprint density at radius 1 is 1.43 bits per heavy atom.